The van der Waals surface area contributed by atoms with Gasteiger partial charge < -0.3 is 5.32 Å². The number of hydrogen-bond donors (Lipinski definition) is 1. The Labute approximate surface area is 160 Å². The Kier molecular flexibility index (Phi) is 4.68. The van der Waals surface area contributed by atoms with Crippen molar-refractivity contribution in [3.8, 4) is 11.3 Å². The van der Waals surface area contributed by atoms with Gasteiger partial charge in [-0.2, -0.15) is 9.61 Å². The van der Waals surface area contributed by atoms with Gasteiger partial charge in [0.05, 0.1) is 18.7 Å². The van der Waals surface area contributed by atoms with Crippen LogP contribution in [0.2, 0.25) is 0 Å². The van der Waals surface area contributed by atoms with Gasteiger partial charge in [-0.15, -0.1) is 21.5 Å². The second-order valence-electron chi connectivity index (χ2n) is 6.44. The van der Waals surface area contributed by atoms with Crippen LogP contribution in [0.3, 0.4) is 0 Å². The number of aromatic nitrogens is 4. The number of benzene rings is 1. The van der Waals surface area contributed by atoms with Crippen LogP contribution >= 0.6 is 11.3 Å². The number of carbonyl (C=O) groups excluding carboxylic acids is 1. The molecule has 4 aromatic rings. The van der Waals surface area contributed by atoms with Crippen LogP contribution in [0.15, 0.2) is 47.8 Å². The highest BCUT2D eigenvalue weighted by Gasteiger charge is 2.11. The summed E-state index contributed by atoms with van der Waals surface area (Å²) in [6, 6.07) is 14.0. The van der Waals surface area contributed by atoms with Crippen molar-refractivity contribution in [3.63, 3.8) is 0 Å². The van der Waals surface area contributed by atoms with Crippen molar-refractivity contribution in [1.82, 2.24) is 25.1 Å². The first-order valence-corrected chi connectivity index (χ1v) is 9.56. The minimum absolute atomic E-state index is 0.0421. The average Bonchev–Trinajstić information content (AvgIpc) is 3.31. The predicted molar refractivity (Wildman–Crippen MR) is 106 cm³/mol. The van der Waals surface area contributed by atoms with Crippen molar-refractivity contribution in [2.45, 2.75) is 26.8 Å². The number of aryl methyl sites for hydroxylation is 2. The first kappa shape index (κ1) is 17.4. The van der Waals surface area contributed by atoms with E-state index in [1.165, 1.54) is 11.1 Å². The van der Waals surface area contributed by atoms with Gasteiger partial charge >= 0.3 is 0 Å². The highest BCUT2D eigenvalue weighted by Crippen LogP contribution is 2.20. The largest absolute Gasteiger partial charge is 0.348 e. The highest BCUT2D eigenvalue weighted by molar-refractivity contribution is 7.10. The molecule has 6 nitrogen and oxygen atoms in total. The third-order valence-corrected chi connectivity index (χ3v) is 5.37. The Morgan fingerprint density at radius 1 is 1.11 bits per heavy atom. The third kappa shape index (κ3) is 3.73. The molecule has 0 radical (unpaired) electrons. The van der Waals surface area contributed by atoms with Gasteiger partial charge in [0.1, 0.15) is 0 Å². The molecule has 0 saturated carbocycles. The van der Waals surface area contributed by atoms with E-state index in [1.54, 1.807) is 15.9 Å². The zero-order valence-electron chi connectivity index (χ0n) is 15.1. The van der Waals surface area contributed by atoms with Crippen LogP contribution in [-0.2, 0) is 17.8 Å². The van der Waals surface area contributed by atoms with Crippen LogP contribution in [0.5, 0.6) is 0 Å². The molecule has 4 rings (SSSR count). The third-order valence-electron chi connectivity index (χ3n) is 4.49. The van der Waals surface area contributed by atoms with Crippen molar-refractivity contribution in [1.29, 1.82) is 0 Å². The van der Waals surface area contributed by atoms with Crippen LogP contribution in [-0.4, -0.2) is 25.7 Å². The number of nitrogens with one attached hydrogen (secondary N) is 1. The van der Waals surface area contributed by atoms with E-state index in [9.17, 15) is 4.79 Å². The van der Waals surface area contributed by atoms with Gasteiger partial charge in [-0.05, 0) is 54.6 Å². The van der Waals surface area contributed by atoms with E-state index in [0.29, 0.717) is 17.9 Å². The number of thiophene rings is 1. The summed E-state index contributed by atoms with van der Waals surface area (Å²) in [6.45, 7) is 4.46. The molecule has 1 aromatic carbocycles. The fourth-order valence-electron chi connectivity index (χ4n) is 2.81. The van der Waals surface area contributed by atoms with E-state index in [2.05, 4.69) is 52.7 Å². The zero-order chi connectivity index (χ0) is 18.8. The Balaban J connectivity index is 1.55. The monoisotopic (exact) mass is 377 g/mol. The minimum Gasteiger partial charge on any atom is -0.348 e. The summed E-state index contributed by atoms with van der Waals surface area (Å²) in [6.07, 6.45) is 0.371. The van der Waals surface area contributed by atoms with E-state index in [4.69, 9.17) is 0 Å². The first-order chi connectivity index (χ1) is 13.1. The number of nitrogens with zero attached hydrogens (tertiary/aromatic N) is 4. The maximum atomic E-state index is 12.1. The van der Waals surface area contributed by atoms with Crippen LogP contribution in [0.1, 0.15) is 21.8 Å². The van der Waals surface area contributed by atoms with Gasteiger partial charge in [0, 0.05) is 10.4 Å². The lowest BCUT2D eigenvalue weighted by molar-refractivity contribution is -0.120. The predicted octanol–water partition coefficient (Wildman–Crippen LogP) is 3.33. The Hall–Kier alpha value is -3.06. The van der Waals surface area contributed by atoms with Gasteiger partial charge in [0.2, 0.25) is 5.91 Å². The Morgan fingerprint density at radius 3 is 2.78 bits per heavy atom. The van der Waals surface area contributed by atoms with Gasteiger partial charge in [0.15, 0.2) is 11.5 Å². The number of carbonyl (C=O) groups is 1. The number of rotatable bonds is 5. The SMILES string of the molecule is Cc1ccc(-c2ccc3nnc(CNC(=O)Cc4cccs4)n3n2)cc1C. The summed E-state index contributed by atoms with van der Waals surface area (Å²) < 4.78 is 1.69. The van der Waals surface area contributed by atoms with Gasteiger partial charge in [-0.25, -0.2) is 0 Å². The maximum absolute atomic E-state index is 12.1. The molecule has 7 heteroatoms. The average molecular weight is 377 g/mol. The Bertz CT molecular complexity index is 1100. The number of fused-ring (bicyclic) bond motifs is 1. The minimum atomic E-state index is -0.0421. The van der Waals surface area contributed by atoms with Crippen molar-refractivity contribution >= 4 is 22.9 Å². The molecule has 136 valence electrons. The summed E-state index contributed by atoms with van der Waals surface area (Å²) in [5.41, 5.74) is 5.01. The molecule has 0 aliphatic carbocycles. The van der Waals surface area contributed by atoms with Crippen molar-refractivity contribution in [2.24, 2.45) is 0 Å². The van der Waals surface area contributed by atoms with Crippen LogP contribution in [0, 0.1) is 13.8 Å². The first-order valence-electron chi connectivity index (χ1n) is 8.68. The lowest BCUT2D eigenvalue weighted by Crippen LogP contribution is -2.25. The maximum Gasteiger partial charge on any atom is 0.225 e. The molecule has 0 spiro atoms. The molecule has 0 unspecified atom stereocenters. The lowest BCUT2D eigenvalue weighted by atomic mass is 10.0. The molecule has 27 heavy (non-hydrogen) atoms. The van der Waals surface area contributed by atoms with Gasteiger partial charge in [0.25, 0.3) is 0 Å². The molecule has 1 amide bonds. The van der Waals surface area contributed by atoms with Crippen LogP contribution in [0.25, 0.3) is 16.9 Å². The molecule has 0 aliphatic rings. The molecule has 0 saturated heterocycles. The van der Waals surface area contributed by atoms with Crippen molar-refractivity contribution in [3.05, 3.63) is 69.7 Å². The van der Waals surface area contributed by atoms with E-state index in [-0.39, 0.29) is 12.5 Å². The molecular formula is C20H19N5OS. The normalized spacial score (nSPS) is 11.0. The quantitative estimate of drug-likeness (QED) is 0.579. The lowest BCUT2D eigenvalue weighted by Gasteiger charge is -2.06. The zero-order valence-corrected chi connectivity index (χ0v) is 16.0. The number of hydrogen-bond acceptors (Lipinski definition) is 5. The van der Waals surface area contributed by atoms with Crippen molar-refractivity contribution < 1.29 is 4.79 Å². The molecular weight excluding hydrogens is 358 g/mol. The summed E-state index contributed by atoms with van der Waals surface area (Å²) in [5.74, 6) is 0.565. The summed E-state index contributed by atoms with van der Waals surface area (Å²) >= 11 is 1.57. The summed E-state index contributed by atoms with van der Waals surface area (Å²) in [4.78, 5) is 13.2. The molecule has 0 aliphatic heterocycles. The summed E-state index contributed by atoms with van der Waals surface area (Å²) in [7, 11) is 0. The fourth-order valence-corrected chi connectivity index (χ4v) is 3.51. The molecule has 3 aromatic heterocycles. The Morgan fingerprint density at radius 2 is 2.00 bits per heavy atom. The smallest absolute Gasteiger partial charge is 0.225 e. The molecule has 0 bridgehead atoms. The molecule has 0 atom stereocenters. The molecule has 1 N–H and O–H groups in total. The van der Waals surface area contributed by atoms with E-state index in [1.807, 2.05) is 29.6 Å². The van der Waals surface area contributed by atoms with E-state index >= 15 is 0 Å². The van der Waals surface area contributed by atoms with E-state index < -0.39 is 0 Å². The topological polar surface area (TPSA) is 72.2 Å². The van der Waals surface area contributed by atoms with Gasteiger partial charge in [-0.3, -0.25) is 4.79 Å². The summed E-state index contributed by atoms with van der Waals surface area (Å²) in [5, 5.41) is 17.8. The second-order valence-corrected chi connectivity index (χ2v) is 7.47. The molecule has 0 fully saturated rings. The second kappa shape index (κ2) is 7.28. The fraction of sp³-hybridized carbons (Fsp3) is 0.200. The van der Waals surface area contributed by atoms with Crippen molar-refractivity contribution in [2.75, 3.05) is 0 Å². The standard InChI is InChI=1S/C20H19N5OS/c1-13-5-6-15(10-14(13)2)17-7-8-18-22-23-19(25(18)24-17)12-21-20(26)11-16-4-3-9-27-16/h3-10H,11-12H2,1-2H3,(H,21,26). The van der Waals surface area contributed by atoms with Crippen LogP contribution in [0.4, 0.5) is 0 Å². The highest BCUT2D eigenvalue weighted by atomic mass is 32.1. The number of amides is 1. The molecule has 3 heterocycles. The van der Waals surface area contributed by atoms with E-state index in [0.717, 1.165) is 16.1 Å². The van der Waals surface area contributed by atoms with Crippen LogP contribution < -0.4 is 5.32 Å². The van der Waals surface area contributed by atoms with Gasteiger partial charge in [-0.1, -0.05) is 18.2 Å².